The van der Waals surface area contributed by atoms with Gasteiger partial charge < -0.3 is 4.74 Å². The molecule has 0 aliphatic carbocycles. The standard InChI is InChI=1S/C9H14O3/c1-7(4-5-8(2)10)6-12-9(3)11/h4-5,7H,6H2,1-3H3/b5-4+/t7-/m1/s1. The smallest absolute Gasteiger partial charge is 0.302 e. The van der Waals surface area contributed by atoms with Crippen LogP contribution >= 0.6 is 0 Å². The number of hydrogen-bond donors (Lipinski definition) is 0. The zero-order valence-electron chi connectivity index (χ0n) is 7.66. The van der Waals surface area contributed by atoms with Gasteiger partial charge in [0.05, 0.1) is 6.61 Å². The predicted molar refractivity (Wildman–Crippen MR) is 45.6 cm³/mol. The van der Waals surface area contributed by atoms with Gasteiger partial charge in [0.15, 0.2) is 5.78 Å². The summed E-state index contributed by atoms with van der Waals surface area (Å²) in [4.78, 5) is 20.9. The van der Waals surface area contributed by atoms with E-state index < -0.39 is 0 Å². The number of rotatable bonds is 4. The molecule has 3 nitrogen and oxygen atoms in total. The Morgan fingerprint density at radius 3 is 2.42 bits per heavy atom. The molecule has 0 aromatic carbocycles. The van der Waals surface area contributed by atoms with Crippen LogP contribution in [0.3, 0.4) is 0 Å². The second kappa shape index (κ2) is 5.52. The number of ether oxygens (including phenoxy) is 1. The summed E-state index contributed by atoms with van der Waals surface area (Å²) in [5.41, 5.74) is 0. The van der Waals surface area contributed by atoms with Gasteiger partial charge in [0.1, 0.15) is 0 Å². The van der Waals surface area contributed by atoms with Crippen molar-refractivity contribution in [1.29, 1.82) is 0 Å². The van der Waals surface area contributed by atoms with Crippen LogP contribution in [0.4, 0.5) is 0 Å². The number of hydrogen-bond acceptors (Lipinski definition) is 3. The summed E-state index contributed by atoms with van der Waals surface area (Å²) >= 11 is 0. The van der Waals surface area contributed by atoms with E-state index in [1.165, 1.54) is 19.9 Å². The Morgan fingerprint density at radius 2 is 2.00 bits per heavy atom. The number of allylic oxidation sites excluding steroid dienone is 1. The number of carbonyl (C=O) groups is 2. The lowest BCUT2D eigenvalue weighted by atomic mass is 10.2. The van der Waals surface area contributed by atoms with Gasteiger partial charge in [0.25, 0.3) is 0 Å². The fourth-order valence-electron chi connectivity index (χ4n) is 0.604. The third-order valence-corrected chi connectivity index (χ3v) is 1.21. The van der Waals surface area contributed by atoms with Gasteiger partial charge in [-0.2, -0.15) is 0 Å². The van der Waals surface area contributed by atoms with Gasteiger partial charge in [-0.3, -0.25) is 9.59 Å². The van der Waals surface area contributed by atoms with Crippen LogP contribution in [0.2, 0.25) is 0 Å². The van der Waals surface area contributed by atoms with E-state index in [4.69, 9.17) is 4.74 Å². The molecule has 3 heteroatoms. The lowest BCUT2D eigenvalue weighted by Crippen LogP contribution is -2.07. The summed E-state index contributed by atoms with van der Waals surface area (Å²) in [6.07, 6.45) is 3.21. The van der Waals surface area contributed by atoms with Crippen LogP contribution in [0.25, 0.3) is 0 Å². The molecule has 12 heavy (non-hydrogen) atoms. The second-order valence-corrected chi connectivity index (χ2v) is 2.75. The minimum absolute atomic E-state index is 0.00433. The lowest BCUT2D eigenvalue weighted by molar-refractivity contribution is -0.141. The minimum Gasteiger partial charge on any atom is -0.465 e. The van der Waals surface area contributed by atoms with Crippen LogP contribution in [0.5, 0.6) is 0 Å². The van der Waals surface area contributed by atoms with E-state index in [1.807, 2.05) is 6.92 Å². The summed E-state index contributed by atoms with van der Waals surface area (Å²) < 4.78 is 4.73. The Kier molecular flexibility index (Phi) is 5.00. The molecular weight excluding hydrogens is 156 g/mol. The lowest BCUT2D eigenvalue weighted by Gasteiger charge is -2.04. The third-order valence-electron chi connectivity index (χ3n) is 1.21. The fourth-order valence-corrected chi connectivity index (χ4v) is 0.604. The molecule has 0 heterocycles. The van der Waals surface area contributed by atoms with Crippen LogP contribution in [0.15, 0.2) is 12.2 Å². The first-order valence-electron chi connectivity index (χ1n) is 3.84. The first kappa shape index (κ1) is 10.9. The summed E-state index contributed by atoms with van der Waals surface area (Å²) in [5, 5.41) is 0. The van der Waals surface area contributed by atoms with Gasteiger partial charge >= 0.3 is 5.97 Å². The second-order valence-electron chi connectivity index (χ2n) is 2.75. The van der Waals surface area contributed by atoms with Crippen LogP contribution in [0, 0.1) is 5.92 Å². The van der Waals surface area contributed by atoms with E-state index in [0.29, 0.717) is 6.61 Å². The van der Waals surface area contributed by atoms with Crippen LogP contribution < -0.4 is 0 Å². The van der Waals surface area contributed by atoms with Gasteiger partial charge in [-0.1, -0.05) is 13.0 Å². The average molecular weight is 170 g/mol. The quantitative estimate of drug-likeness (QED) is 0.472. The number of esters is 1. The first-order valence-corrected chi connectivity index (χ1v) is 3.84. The van der Waals surface area contributed by atoms with Crippen LogP contribution in [0.1, 0.15) is 20.8 Å². The van der Waals surface area contributed by atoms with Gasteiger partial charge in [-0.25, -0.2) is 0 Å². The van der Waals surface area contributed by atoms with Crippen molar-refractivity contribution in [2.75, 3.05) is 6.61 Å². The van der Waals surface area contributed by atoms with Gasteiger partial charge in [0, 0.05) is 12.8 Å². The molecule has 0 saturated carbocycles. The Bertz CT molecular complexity index is 194. The maximum atomic E-state index is 10.5. The zero-order chi connectivity index (χ0) is 9.56. The largest absolute Gasteiger partial charge is 0.465 e. The van der Waals surface area contributed by atoms with Crippen molar-refractivity contribution in [3.8, 4) is 0 Å². The molecule has 0 bridgehead atoms. The normalized spacial score (nSPS) is 12.9. The molecule has 0 aromatic heterocycles. The van der Waals surface area contributed by atoms with Gasteiger partial charge in [-0.05, 0) is 13.0 Å². The Labute approximate surface area is 72.4 Å². The van der Waals surface area contributed by atoms with Gasteiger partial charge in [0.2, 0.25) is 0 Å². The molecule has 0 saturated heterocycles. The molecule has 0 rings (SSSR count). The fraction of sp³-hybridized carbons (Fsp3) is 0.556. The van der Waals surface area contributed by atoms with Gasteiger partial charge in [-0.15, -0.1) is 0 Å². The Hall–Kier alpha value is -1.12. The molecule has 0 aromatic rings. The summed E-state index contributed by atoms with van der Waals surface area (Å²) in [7, 11) is 0. The van der Waals surface area contributed by atoms with Crippen molar-refractivity contribution in [1.82, 2.24) is 0 Å². The highest BCUT2D eigenvalue weighted by molar-refractivity contribution is 5.87. The maximum absolute atomic E-state index is 10.5. The molecule has 0 aliphatic heterocycles. The third kappa shape index (κ3) is 6.99. The van der Waals surface area contributed by atoms with E-state index in [2.05, 4.69) is 0 Å². The van der Waals surface area contributed by atoms with Crippen LogP contribution in [-0.2, 0) is 14.3 Å². The molecule has 0 fully saturated rings. The highest BCUT2D eigenvalue weighted by Gasteiger charge is 1.99. The zero-order valence-corrected chi connectivity index (χ0v) is 7.66. The molecule has 0 aliphatic rings. The molecular formula is C9H14O3. The molecule has 68 valence electrons. The molecule has 0 amide bonds. The van der Waals surface area contributed by atoms with Crippen molar-refractivity contribution < 1.29 is 14.3 Å². The van der Waals surface area contributed by atoms with Crippen molar-refractivity contribution >= 4 is 11.8 Å². The van der Waals surface area contributed by atoms with Crippen LogP contribution in [-0.4, -0.2) is 18.4 Å². The summed E-state index contributed by atoms with van der Waals surface area (Å²) in [5.74, 6) is -0.194. The minimum atomic E-state index is -0.293. The van der Waals surface area contributed by atoms with E-state index in [9.17, 15) is 9.59 Å². The van der Waals surface area contributed by atoms with E-state index in [0.717, 1.165) is 0 Å². The SMILES string of the molecule is CC(=O)/C=C/[C@@H](C)COC(C)=O. The summed E-state index contributed by atoms with van der Waals surface area (Å²) in [6.45, 7) is 5.05. The number of ketones is 1. The molecule has 1 atom stereocenters. The van der Waals surface area contributed by atoms with Crippen molar-refractivity contribution in [2.45, 2.75) is 20.8 Å². The van der Waals surface area contributed by atoms with E-state index in [1.54, 1.807) is 6.08 Å². The monoisotopic (exact) mass is 170 g/mol. The molecule has 0 unspecified atom stereocenters. The molecule has 0 N–H and O–H groups in total. The Balaban J connectivity index is 3.66. The molecule has 0 radical (unpaired) electrons. The Morgan fingerprint density at radius 1 is 1.42 bits per heavy atom. The topological polar surface area (TPSA) is 43.4 Å². The average Bonchev–Trinajstić information content (AvgIpc) is 1.96. The number of carbonyl (C=O) groups excluding carboxylic acids is 2. The predicted octanol–water partition coefficient (Wildman–Crippen LogP) is 1.33. The van der Waals surface area contributed by atoms with Crippen molar-refractivity contribution in [3.63, 3.8) is 0 Å². The van der Waals surface area contributed by atoms with E-state index in [-0.39, 0.29) is 17.7 Å². The molecule has 0 spiro atoms. The summed E-state index contributed by atoms with van der Waals surface area (Å²) in [6, 6.07) is 0. The highest BCUT2D eigenvalue weighted by Crippen LogP contribution is 1.98. The van der Waals surface area contributed by atoms with E-state index >= 15 is 0 Å². The highest BCUT2D eigenvalue weighted by atomic mass is 16.5. The van der Waals surface area contributed by atoms with Crippen molar-refractivity contribution in [3.05, 3.63) is 12.2 Å². The first-order chi connectivity index (χ1) is 5.52. The maximum Gasteiger partial charge on any atom is 0.302 e. The van der Waals surface area contributed by atoms with Crippen molar-refractivity contribution in [2.24, 2.45) is 5.92 Å².